The first-order valence-electron chi connectivity index (χ1n) is 7.72. The van der Waals surface area contributed by atoms with Crippen LogP contribution in [0.4, 0.5) is 22.0 Å². The molecule has 1 fully saturated rings. The van der Waals surface area contributed by atoms with Crippen LogP contribution < -0.4 is 4.74 Å². The van der Waals surface area contributed by atoms with Crippen molar-refractivity contribution >= 4 is 12.0 Å². The number of hydrogen-bond donors (Lipinski definition) is 1. The Morgan fingerprint density at radius 3 is 2.00 bits per heavy atom. The fourth-order valence-electron chi connectivity index (χ4n) is 2.81. The smallest absolute Gasteiger partial charge is 0.400 e. The third-order valence-corrected chi connectivity index (χ3v) is 4.22. The SMILES string of the molecule is O=C(O)/C=C/c1ccc(OC(F)(F)C2CCC(C(F)(F)F)CC2)cc1. The van der Waals surface area contributed by atoms with Crippen LogP contribution in [-0.2, 0) is 4.79 Å². The predicted molar refractivity (Wildman–Crippen MR) is 80.2 cm³/mol. The summed E-state index contributed by atoms with van der Waals surface area (Å²) in [5.74, 6) is -4.06. The molecule has 0 bridgehead atoms. The van der Waals surface area contributed by atoms with Crippen molar-refractivity contribution in [3.8, 4) is 5.75 Å². The second-order valence-corrected chi connectivity index (χ2v) is 5.99. The van der Waals surface area contributed by atoms with Crippen LogP contribution in [0.25, 0.3) is 6.08 Å². The van der Waals surface area contributed by atoms with Crippen molar-refractivity contribution in [1.29, 1.82) is 0 Å². The molecule has 8 heteroatoms. The summed E-state index contributed by atoms with van der Waals surface area (Å²) in [6.07, 6.45) is -6.87. The molecule has 1 N–H and O–H groups in total. The topological polar surface area (TPSA) is 46.5 Å². The van der Waals surface area contributed by atoms with Crippen LogP contribution in [0.2, 0.25) is 0 Å². The summed E-state index contributed by atoms with van der Waals surface area (Å²) >= 11 is 0. The first kappa shape index (κ1) is 19.2. The monoisotopic (exact) mass is 364 g/mol. The Labute approximate surface area is 141 Å². The Hall–Kier alpha value is -2.12. The van der Waals surface area contributed by atoms with Gasteiger partial charge < -0.3 is 9.84 Å². The largest absolute Gasteiger partial charge is 0.478 e. The van der Waals surface area contributed by atoms with E-state index in [9.17, 15) is 26.7 Å². The van der Waals surface area contributed by atoms with Gasteiger partial charge in [0.2, 0.25) is 0 Å². The Bertz CT molecular complexity index is 614. The molecule has 1 aromatic carbocycles. The summed E-state index contributed by atoms with van der Waals surface area (Å²) in [4.78, 5) is 10.4. The van der Waals surface area contributed by atoms with Crippen LogP contribution in [0.1, 0.15) is 31.2 Å². The molecule has 0 aromatic heterocycles. The van der Waals surface area contributed by atoms with Gasteiger partial charge in [-0.15, -0.1) is 0 Å². The van der Waals surface area contributed by atoms with Gasteiger partial charge in [-0.2, -0.15) is 22.0 Å². The minimum atomic E-state index is -4.35. The van der Waals surface area contributed by atoms with E-state index in [4.69, 9.17) is 5.11 Å². The van der Waals surface area contributed by atoms with Gasteiger partial charge in [-0.1, -0.05) is 12.1 Å². The summed E-state index contributed by atoms with van der Waals surface area (Å²) in [5, 5.41) is 8.51. The maximum Gasteiger partial charge on any atom is 0.400 e. The molecule has 1 saturated carbocycles. The van der Waals surface area contributed by atoms with Crippen LogP contribution in [0.5, 0.6) is 5.75 Å². The van der Waals surface area contributed by atoms with Crippen LogP contribution in [0, 0.1) is 11.8 Å². The quantitative estimate of drug-likeness (QED) is 0.582. The van der Waals surface area contributed by atoms with E-state index in [0.717, 1.165) is 6.08 Å². The molecule has 2 rings (SSSR count). The van der Waals surface area contributed by atoms with Crippen molar-refractivity contribution in [3.05, 3.63) is 35.9 Å². The van der Waals surface area contributed by atoms with Gasteiger partial charge >= 0.3 is 18.3 Å². The van der Waals surface area contributed by atoms with Gasteiger partial charge in [-0.25, -0.2) is 4.79 Å². The Morgan fingerprint density at radius 1 is 1.00 bits per heavy atom. The summed E-state index contributed by atoms with van der Waals surface area (Å²) in [5.41, 5.74) is 0.490. The standard InChI is InChI=1S/C17H17F5O3/c18-16(19,20)12-4-6-13(7-5-12)17(21,22)25-14-8-1-11(2-9-14)3-10-15(23)24/h1-3,8-10,12-13H,4-7H2,(H,23,24)/b10-3+. The van der Waals surface area contributed by atoms with E-state index in [2.05, 4.69) is 4.74 Å². The normalized spacial score (nSPS) is 22.1. The molecule has 1 aliphatic rings. The van der Waals surface area contributed by atoms with E-state index in [-0.39, 0.29) is 31.4 Å². The number of carboxylic acids is 1. The maximum absolute atomic E-state index is 14.2. The van der Waals surface area contributed by atoms with E-state index < -0.39 is 30.1 Å². The number of rotatable bonds is 5. The van der Waals surface area contributed by atoms with Crippen LogP contribution in [0.3, 0.4) is 0 Å². The van der Waals surface area contributed by atoms with E-state index in [1.54, 1.807) is 0 Å². The van der Waals surface area contributed by atoms with Crippen LogP contribution in [0.15, 0.2) is 30.3 Å². The zero-order chi connectivity index (χ0) is 18.7. The molecule has 25 heavy (non-hydrogen) atoms. The molecule has 138 valence electrons. The lowest BCUT2D eigenvalue weighted by Crippen LogP contribution is -2.39. The van der Waals surface area contributed by atoms with Crippen LogP contribution in [-0.4, -0.2) is 23.4 Å². The van der Waals surface area contributed by atoms with E-state index in [0.29, 0.717) is 5.56 Å². The molecule has 0 aliphatic heterocycles. The lowest BCUT2D eigenvalue weighted by Gasteiger charge is -2.33. The van der Waals surface area contributed by atoms with Gasteiger partial charge in [0.25, 0.3) is 0 Å². The van der Waals surface area contributed by atoms with Crippen molar-refractivity contribution in [2.75, 3.05) is 0 Å². The summed E-state index contributed by atoms with van der Waals surface area (Å²) in [7, 11) is 0. The fourth-order valence-corrected chi connectivity index (χ4v) is 2.81. The highest BCUT2D eigenvalue weighted by molar-refractivity contribution is 5.85. The molecule has 1 aromatic rings. The molecule has 0 spiro atoms. The average molecular weight is 364 g/mol. The first-order chi connectivity index (χ1) is 11.6. The highest BCUT2D eigenvalue weighted by Crippen LogP contribution is 2.44. The minimum absolute atomic E-state index is 0.129. The Morgan fingerprint density at radius 2 is 1.52 bits per heavy atom. The second kappa shape index (κ2) is 7.41. The lowest BCUT2D eigenvalue weighted by atomic mass is 9.81. The number of hydrogen-bond acceptors (Lipinski definition) is 2. The van der Waals surface area contributed by atoms with E-state index in [1.165, 1.54) is 30.3 Å². The van der Waals surface area contributed by atoms with Crippen molar-refractivity contribution in [3.63, 3.8) is 0 Å². The molecule has 0 heterocycles. The molecule has 0 radical (unpaired) electrons. The third kappa shape index (κ3) is 5.44. The second-order valence-electron chi connectivity index (χ2n) is 5.99. The number of alkyl halides is 5. The van der Waals surface area contributed by atoms with Crippen molar-refractivity contribution in [2.45, 2.75) is 38.0 Å². The summed E-state index contributed by atoms with van der Waals surface area (Å²) in [6.45, 7) is 0. The Balaban J connectivity index is 1.96. The van der Waals surface area contributed by atoms with Gasteiger partial charge in [-0.05, 0) is 49.5 Å². The zero-order valence-corrected chi connectivity index (χ0v) is 13.1. The van der Waals surface area contributed by atoms with Crippen LogP contribution >= 0.6 is 0 Å². The average Bonchev–Trinajstić information content (AvgIpc) is 2.53. The number of halogens is 5. The van der Waals surface area contributed by atoms with Gasteiger partial charge in [0.15, 0.2) is 0 Å². The predicted octanol–water partition coefficient (Wildman–Crippen LogP) is 5.12. The molecule has 0 saturated heterocycles. The number of ether oxygens (including phenoxy) is 1. The molecular formula is C17H17F5O3. The minimum Gasteiger partial charge on any atom is -0.478 e. The Kier molecular flexibility index (Phi) is 5.69. The number of aliphatic carboxylic acids is 1. The molecule has 0 unspecified atom stereocenters. The maximum atomic E-state index is 14.2. The van der Waals surface area contributed by atoms with Crippen molar-refractivity contribution in [1.82, 2.24) is 0 Å². The van der Waals surface area contributed by atoms with Crippen molar-refractivity contribution < 1.29 is 36.6 Å². The molecular weight excluding hydrogens is 347 g/mol. The summed E-state index contributed by atoms with van der Waals surface area (Å²) < 4.78 is 70.8. The number of carboxylic acid groups (broad SMARTS) is 1. The van der Waals surface area contributed by atoms with E-state index >= 15 is 0 Å². The summed E-state index contributed by atoms with van der Waals surface area (Å²) in [6, 6.07) is 5.34. The van der Waals surface area contributed by atoms with Gasteiger partial charge in [-0.3, -0.25) is 0 Å². The lowest BCUT2D eigenvalue weighted by molar-refractivity contribution is -0.237. The molecule has 0 amide bonds. The van der Waals surface area contributed by atoms with Gasteiger partial charge in [0.1, 0.15) is 5.75 Å². The van der Waals surface area contributed by atoms with Gasteiger partial charge in [0.05, 0.1) is 11.8 Å². The highest BCUT2D eigenvalue weighted by Gasteiger charge is 2.48. The molecule has 3 nitrogen and oxygen atoms in total. The molecule has 1 aliphatic carbocycles. The number of carbonyl (C=O) groups is 1. The zero-order valence-electron chi connectivity index (χ0n) is 13.1. The number of benzene rings is 1. The highest BCUT2D eigenvalue weighted by atomic mass is 19.4. The first-order valence-corrected chi connectivity index (χ1v) is 7.72. The fraction of sp³-hybridized carbons (Fsp3) is 0.471. The third-order valence-electron chi connectivity index (χ3n) is 4.22. The van der Waals surface area contributed by atoms with E-state index in [1.807, 2.05) is 0 Å². The van der Waals surface area contributed by atoms with Gasteiger partial charge in [0, 0.05) is 6.08 Å². The molecule has 0 atom stereocenters. The van der Waals surface area contributed by atoms with Crippen molar-refractivity contribution in [2.24, 2.45) is 11.8 Å².